The molecule has 1 fully saturated rings. The highest BCUT2D eigenvalue weighted by Crippen LogP contribution is 2.24. The molecule has 140 valence electrons. The van der Waals surface area contributed by atoms with Gasteiger partial charge in [0.05, 0.1) is 5.56 Å². The first-order chi connectivity index (χ1) is 12.2. The summed E-state index contributed by atoms with van der Waals surface area (Å²) >= 11 is 0. The first kappa shape index (κ1) is 18.0. The fourth-order valence-corrected chi connectivity index (χ4v) is 2.89. The number of para-hydroxylation sites is 1. The van der Waals surface area contributed by atoms with Crippen molar-refractivity contribution in [2.24, 2.45) is 0 Å². The van der Waals surface area contributed by atoms with E-state index in [-0.39, 0.29) is 17.7 Å². The van der Waals surface area contributed by atoms with Crippen LogP contribution in [0.5, 0.6) is 0 Å². The van der Waals surface area contributed by atoms with Crippen molar-refractivity contribution in [1.82, 2.24) is 9.88 Å². The molecule has 0 aliphatic carbocycles. The summed E-state index contributed by atoms with van der Waals surface area (Å²) in [5, 5.41) is 12.4. The molecule has 3 rings (SSSR count). The summed E-state index contributed by atoms with van der Waals surface area (Å²) < 4.78 is 11.0. The average molecular weight is 361 g/mol. The Morgan fingerprint density at radius 3 is 2.62 bits per heavy atom. The molecule has 0 atom stereocenters. The molecule has 0 radical (unpaired) electrons. The highest BCUT2D eigenvalue weighted by molar-refractivity contribution is 6.00. The van der Waals surface area contributed by atoms with Crippen LogP contribution in [0.25, 0.3) is 11.1 Å². The van der Waals surface area contributed by atoms with Gasteiger partial charge < -0.3 is 24.5 Å². The molecule has 0 saturated carbocycles. The van der Waals surface area contributed by atoms with Crippen LogP contribution in [0.4, 0.5) is 10.8 Å². The van der Waals surface area contributed by atoms with Gasteiger partial charge in [-0.15, -0.1) is 0 Å². The predicted octanol–water partition coefficient (Wildman–Crippen LogP) is 3.34. The summed E-state index contributed by atoms with van der Waals surface area (Å²) in [5.41, 5.74) is 0.359. The molecule has 0 spiro atoms. The van der Waals surface area contributed by atoms with Crippen molar-refractivity contribution in [3.05, 3.63) is 23.8 Å². The molecule has 8 heteroatoms. The number of nitrogens with zero attached hydrogens (tertiary/aromatic N) is 2. The normalized spacial score (nSPS) is 15.9. The fourth-order valence-electron chi connectivity index (χ4n) is 2.89. The highest BCUT2D eigenvalue weighted by Gasteiger charge is 2.27. The van der Waals surface area contributed by atoms with Crippen molar-refractivity contribution in [2.75, 3.05) is 18.4 Å². The summed E-state index contributed by atoms with van der Waals surface area (Å²) in [7, 11) is 0. The van der Waals surface area contributed by atoms with Crippen molar-refractivity contribution < 1.29 is 23.8 Å². The van der Waals surface area contributed by atoms with Gasteiger partial charge in [-0.25, -0.2) is 9.59 Å². The zero-order chi connectivity index (χ0) is 18.9. The van der Waals surface area contributed by atoms with Gasteiger partial charge in [0, 0.05) is 19.1 Å². The summed E-state index contributed by atoms with van der Waals surface area (Å²) in [4.78, 5) is 29.3. The molecule has 2 N–H and O–H groups in total. The Morgan fingerprint density at radius 1 is 1.31 bits per heavy atom. The van der Waals surface area contributed by atoms with Crippen LogP contribution in [0.1, 0.15) is 44.0 Å². The number of ether oxygens (including phenoxy) is 1. The Hall–Kier alpha value is -2.77. The molecule has 26 heavy (non-hydrogen) atoms. The molecule has 1 amide bonds. The summed E-state index contributed by atoms with van der Waals surface area (Å²) in [6.45, 7) is 6.69. The van der Waals surface area contributed by atoms with Gasteiger partial charge in [-0.3, -0.25) is 0 Å². The predicted molar refractivity (Wildman–Crippen MR) is 95.4 cm³/mol. The number of aromatic carboxylic acids is 1. The van der Waals surface area contributed by atoms with Crippen molar-refractivity contribution in [3.63, 3.8) is 0 Å². The van der Waals surface area contributed by atoms with Crippen LogP contribution in [0.3, 0.4) is 0 Å². The van der Waals surface area contributed by atoms with E-state index in [0.29, 0.717) is 30.2 Å². The second-order valence-electron chi connectivity index (χ2n) is 7.36. The summed E-state index contributed by atoms with van der Waals surface area (Å²) in [5.74, 6) is -1.04. The van der Waals surface area contributed by atoms with Gasteiger partial charge in [-0.1, -0.05) is 6.07 Å². The Balaban J connectivity index is 1.61. The lowest BCUT2D eigenvalue weighted by Crippen LogP contribution is -2.44. The number of amides is 1. The topological polar surface area (TPSA) is 105 Å². The Kier molecular flexibility index (Phi) is 4.76. The molecule has 1 aromatic carbocycles. The molecule has 0 unspecified atom stereocenters. The van der Waals surface area contributed by atoms with Gasteiger partial charge in [0.25, 0.3) is 6.01 Å². The lowest BCUT2D eigenvalue weighted by atomic mass is 10.1. The van der Waals surface area contributed by atoms with Crippen molar-refractivity contribution in [1.29, 1.82) is 0 Å². The van der Waals surface area contributed by atoms with E-state index in [1.807, 2.05) is 20.8 Å². The highest BCUT2D eigenvalue weighted by atomic mass is 16.6. The first-order valence-electron chi connectivity index (χ1n) is 8.60. The number of carboxylic acid groups (broad SMARTS) is 1. The van der Waals surface area contributed by atoms with Gasteiger partial charge in [-0.05, 0) is 45.7 Å². The molecule has 1 aromatic heterocycles. The van der Waals surface area contributed by atoms with E-state index in [1.165, 1.54) is 6.07 Å². The number of aromatic nitrogens is 1. The monoisotopic (exact) mass is 361 g/mol. The molecule has 1 aliphatic rings. The zero-order valence-corrected chi connectivity index (χ0v) is 15.1. The van der Waals surface area contributed by atoms with E-state index in [1.54, 1.807) is 17.0 Å². The second kappa shape index (κ2) is 6.86. The zero-order valence-electron chi connectivity index (χ0n) is 15.1. The van der Waals surface area contributed by atoms with Crippen LogP contribution >= 0.6 is 0 Å². The molecule has 0 bridgehead atoms. The number of hydrogen-bond acceptors (Lipinski definition) is 6. The van der Waals surface area contributed by atoms with Crippen LogP contribution in [-0.2, 0) is 4.74 Å². The van der Waals surface area contributed by atoms with Gasteiger partial charge in [0.2, 0.25) is 0 Å². The third-order valence-corrected chi connectivity index (χ3v) is 4.12. The molecule has 1 saturated heterocycles. The number of nitrogens with one attached hydrogen (secondary N) is 1. The SMILES string of the molecule is CC(C)(C)OC(=O)N1CCC(Nc2nc3c(C(=O)O)cccc3o2)CC1. The number of oxazole rings is 1. The third kappa shape index (κ3) is 4.07. The van der Waals surface area contributed by atoms with E-state index >= 15 is 0 Å². The average Bonchev–Trinajstić information content (AvgIpc) is 2.95. The van der Waals surface area contributed by atoms with Crippen LogP contribution in [0.15, 0.2) is 22.6 Å². The Bertz CT molecular complexity index is 816. The maximum absolute atomic E-state index is 12.1. The van der Waals surface area contributed by atoms with E-state index in [9.17, 15) is 14.7 Å². The van der Waals surface area contributed by atoms with E-state index in [0.717, 1.165) is 12.8 Å². The van der Waals surface area contributed by atoms with Crippen molar-refractivity contribution in [2.45, 2.75) is 45.3 Å². The minimum absolute atomic E-state index is 0.0926. The van der Waals surface area contributed by atoms with Crippen LogP contribution < -0.4 is 5.32 Å². The molecular formula is C18H23N3O5. The number of carbonyl (C=O) groups excluding carboxylic acids is 1. The van der Waals surface area contributed by atoms with Gasteiger partial charge >= 0.3 is 12.1 Å². The van der Waals surface area contributed by atoms with Gasteiger partial charge in [0.1, 0.15) is 11.1 Å². The van der Waals surface area contributed by atoms with Gasteiger partial charge in [-0.2, -0.15) is 4.98 Å². The number of hydrogen-bond donors (Lipinski definition) is 2. The number of benzene rings is 1. The Labute approximate surface area is 151 Å². The molecule has 2 aromatic rings. The molecule has 2 heterocycles. The number of likely N-dealkylation sites (tertiary alicyclic amines) is 1. The smallest absolute Gasteiger partial charge is 0.410 e. The number of carboxylic acids is 1. The number of anilines is 1. The first-order valence-corrected chi connectivity index (χ1v) is 8.60. The van der Waals surface area contributed by atoms with E-state index in [4.69, 9.17) is 9.15 Å². The second-order valence-corrected chi connectivity index (χ2v) is 7.36. The third-order valence-electron chi connectivity index (χ3n) is 4.12. The van der Waals surface area contributed by atoms with Crippen LogP contribution in [0.2, 0.25) is 0 Å². The fraction of sp³-hybridized carbons (Fsp3) is 0.500. The number of rotatable bonds is 3. The summed E-state index contributed by atoms with van der Waals surface area (Å²) in [6.07, 6.45) is 1.15. The molecule has 8 nitrogen and oxygen atoms in total. The van der Waals surface area contributed by atoms with Crippen molar-refractivity contribution >= 4 is 29.2 Å². The number of fused-ring (bicyclic) bond motifs is 1. The summed E-state index contributed by atoms with van der Waals surface area (Å²) in [6, 6.07) is 5.20. The minimum atomic E-state index is -1.04. The van der Waals surface area contributed by atoms with Gasteiger partial charge in [0.15, 0.2) is 5.58 Å². The van der Waals surface area contributed by atoms with Crippen LogP contribution in [-0.4, -0.2) is 51.8 Å². The standard InChI is InChI=1S/C18H23N3O5/c1-18(2,3)26-17(24)21-9-7-11(8-10-21)19-16-20-14-12(15(22)23)5-4-6-13(14)25-16/h4-6,11H,7-10H2,1-3H3,(H,19,20)(H,22,23). The van der Waals surface area contributed by atoms with E-state index < -0.39 is 11.6 Å². The van der Waals surface area contributed by atoms with Crippen LogP contribution in [0, 0.1) is 0 Å². The molecular weight excluding hydrogens is 338 g/mol. The maximum Gasteiger partial charge on any atom is 0.410 e. The lowest BCUT2D eigenvalue weighted by Gasteiger charge is -2.33. The Morgan fingerprint density at radius 2 is 2.00 bits per heavy atom. The number of piperidine rings is 1. The maximum atomic E-state index is 12.1. The quantitative estimate of drug-likeness (QED) is 0.864. The molecule has 1 aliphatic heterocycles. The number of carbonyl (C=O) groups is 2. The van der Waals surface area contributed by atoms with Crippen molar-refractivity contribution in [3.8, 4) is 0 Å². The largest absolute Gasteiger partial charge is 0.478 e. The lowest BCUT2D eigenvalue weighted by molar-refractivity contribution is 0.0210. The van der Waals surface area contributed by atoms with E-state index in [2.05, 4.69) is 10.3 Å². The minimum Gasteiger partial charge on any atom is -0.478 e.